The number of esters is 1. The lowest BCUT2D eigenvalue weighted by Gasteiger charge is -2.10. The summed E-state index contributed by atoms with van der Waals surface area (Å²) >= 11 is 0. The molecule has 0 bridgehead atoms. The van der Waals surface area contributed by atoms with Gasteiger partial charge in [0.25, 0.3) is 0 Å². The fourth-order valence-corrected chi connectivity index (χ4v) is 13.9. The minimum Gasteiger partial charge on any atom is -0.466 e. The van der Waals surface area contributed by atoms with Gasteiger partial charge in [-0.1, -0.05) is 483 Å². The van der Waals surface area contributed by atoms with Gasteiger partial charge in [-0.15, -0.1) is 0 Å². The molecule has 0 aromatic carbocycles. The van der Waals surface area contributed by atoms with E-state index in [2.05, 4.69) is 13.8 Å². The number of carbonyl (C=O) groups is 1. The van der Waals surface area contributed by atoms with Crippen molar-refractivity contribution in [2.45, 2.75) is 521 Å². The molecule has 1 N–H and O–H groups in total. The van der Waals surface area contributed by atoms with Crippen LogP contribution < -0.4 is 0 Å². The van der Waals surface area contributed by atoms with Gasteiger partial charge >= 0.3 is 5.97 Å². The maximum Gasteiger partial charge on any atom is 0.305 e. The number of rotatable bonds is 80. The standard InChI is InChI=1S/C83H166O3/c1-3-5-7-9-10-11-12-13-14-15-16-17-18-19-20-21-22-23-24-25-26-27-28-29-30-31-32-33-34-35-36-37-38-39-40-41-42-43-44-45-46-47-48-49-50-51-52-53-54-55-56-57-58-59-60-61-62-63-64-67-70-73-77-81-86-83(85)80-76-72-69-66-65-68-71-75-79-82(84)78-74-8-6-4-2/h82,84H,3-81H2,1-2H3. The highest BCUT2D eigenvalue weighted by molar-refractivity contribution is 5.69. The zero-order valence-electron chi connectivity index (χ0n) is 60.2. The first-order valence-electron chi connectivity index (χ1n) is 41.5. The summed E-state index contributed by atoms with van der Waals surface area (Å²) in [7, 11) is 0. The molecular formula is C83H166O3. The van der Waals surface area contributed by atoms with Crippen LogP contribution in [0.4, 0.5) is 0 Å². The van der Waals surface area contributed by atoms with E-state index in [1.165, 1.54) is 462 Å². The summed E-state index contributed by atoms with van der Waals surface area (Å²) < 4.78 is 5.50. The van der Waals surface area contributed by atoms with E-state index in [0.29, 0.717) is 13.0 Å². The number of aliphatic hydroxyl groups excluding tert-OH is 1. The molecule has 516 valence electrons. The number of carbonyl (C=O) groups excluding carboxylic acids is 1. The molecule has 0 aliphatic carbocycles. The van der Waals surface area contributed by atoms with Crippen molar-refractivity contribution in [1.29, 1.82) is 0 Å². The zero-order valence-corrected chi connectivity index (χ0v) is 60.2. The van der Waals surface area contributed by atoms with Crippen LogP contribution in [-0.4, -0.2) is 23.8 Å². The largest absolute Gasteiger partial charge is 0.466 e. The maximum atomic E-state index is 12.1. The molecule has 0 aromatic rings. The Morgan fingerprint density at radius 1 is 0.209 bits per heavy atom. The number of hydrogen-bond donors (Lipinski definition) is 1. The van der Waals surface area contributed by atoms with Crippen molar-refractivity contribution in [3.8, 4) is 0 Å². The van der Waals surface area contributed by atoms with Crippen LogP contribution in [0.3, 0.4) is 0 Å². The van der Waals surface area contributed by atoms with Crippen LogP contribution in [-0.2, 0) is 9.53 Å². The monoisotopic (exact) mass is 1210 g/mol. The molecule has 0 radical (unpaired) electrons. The lowest BCUT2D eigenvalue weighted by atomic mass is 10.0. The van der Waals surface area contributed by atoms with Crippen LogP contribution in [0.1, 0.15) is 515 Å². The van der Waals surface area contributed by atoms with Gasteiger partial charge in [-0.2, -0.15) is 0 Å². The van der Waals surface area contributed by atoms with Crippen molar-refractivity contribution in [2.24, 2.45) is 0 Å². The Kier molecular flexibility index (Phi) is 80.0. The second-order valence-corrected chi connectivity index (χ2v) is 29.0. The van der Waals surface area contributed by atoms with E-state index < -0.39 is 0 Å². The second kappa shape index (κ2) is 80.5. The summed E-state index contributed by atoms with van der Waals surface area (Å²) in [5.74, 6) is 0.0107. The van der Waals surface area contributed by atoms with Gasteiger partial charge in [0, 0.05) is 6.42 Å². The molecule has 86 heavy (non-hydrogen) atoms. The summed E-state index contributed by atoms with van der Waals surface area (Å²) in [6.45, 7) is 5.17. The highest BCUT2D eigenvalue weighted by Crippen LogP contribution is 2.22. The molecule has 0 heterocycles. The van der Waals surface area contributed by atoms with E-state index in [0.717, 1.165) is 32.1 Å². The Morgan fingerprint density at radius 2 is 0.349 bits per heavy atom. The third-order valence-corrected chi connectivity index (χ3v) is 20.1. The fraction of sp³-hybridized carbons (Fsp3) is 0.988. The van der Waals surface area contributed by atoms with Crippen molar-refractivity contribution in [3.63, 3.8) is 0 Å². The lowest BCUT2D eigenvalue weighted by molar-refractivity contribution is -0.143. The van der Waals surface area contributed by atoms with E-state index in [-0.39, 0.29) is 12.1 Å². The Hall–Kier alpha value is -0.570. The maximum absolute atomic E-state index is 12.1. The molecule has 0 aliphatic heterocycles. The van der Waals surface area contributed by atoms with Gasteiger partial charge in [-0.3, -0.25) is 4.79 Å². The first-order valence-corrected chi connectivity index (χ1v) is 41.5. The van der Waals surface area contributed by atoms with Crippen LogP contribution in [0.25, 0.3) is 0 Å². The topological polar surface area (TPSA) is 46.5 Å². The first-order chi connectivity index (χ1) is 42.7. The molecule has 0 saturated carbocycles. The van der Waals surface area contributed by atoms with Crippen LogP contribution in [0, 0.1) is 0 Å². The van der Waals surface area contributed by atoms with Gasteiger partial charge in [0.2, 0.25) is 0 Å². The van der Waals surface area contributed by atoms with Crippen LogP contribution in [0.15, 0.2) is 0 Å². The lowest BCUT2D eigenvalue weighted by Crippen LogP contribution is -2.06. The van der Waals surface area contributed by atoms with Crippen LogP contribution in [0.5, 0.6) is 0 Å². The number of aliphatic hydroxyl groups is 1. The normalized spacial score (nSPS) is 12.1. The van der Waals surface area contributed by atoms with Crippen LogP contribution in [0.2, 0.25) is 0 Å². The molecule has 0 amide bonds. The van der Waals surface area contributed by atoms with Gasteiger partial charge in [0.15, 0.2) is 0 Å². The van der Waals surface area contributed by atoms with Crippen molar-refractivity contribution >= 4 is 5.97 Å². The van der Waals surface area contributed by atoms with Crippen molar-refractivity contribution in [3.05, 3.63) is 0 Å². The summed E-state index contributed by atoms with van der Waals surface area (Å²) in [5, 5.41) is 10.1. The SMILES string of the molecule is CCCCCCCCCCCCCCCCCCCCCCCCCCCCCCCCCCCCCCCCCCCCCCCCCCCCCCCCCCCCCCCCCOC(=O)CCCCCCCCCCC(O)CCCCCC. The molecular weight excluding hydrogens is 1040 g/mol. The number of hydrogen-bond acceptors (Lipinski definition) is 3. The van der Waals surface area contributed by atoms with E-state index in [9.17, 15) is 9.90 Å². The summed E-state index contributed by atoms with van der Waals surface area (Å²) in [4.78, 5) is 12.1. The predicted molar refractivity (Wildman–Crippen MR) is 388 cm³/mol. The van der Waals surface area contributed by atoms with Gasteiger partial charge < -0.3 is 9.84 Å². The van der Waals surface area contributed by atoms with Gasteiger partial charge in [0.1, 0.15) is 0 Å². The molecule has 0 aromatic heterocycles. The number of unbranched alkanes of at least 4 members (excludes halogenated alkanes) is 72. The molecule has 0 rings (SSSR count). The predicted octanol–water partition coefficient (Wildman–Crippen LogP) is 30.4. The molecule has 0 aliphatic rings. The van der Waals surface area contributed by atoms with Gasteiger partial charge in [-0.05, 0) is 25.7 Å². The zero-order chi connectivity index (χ0) is 61.7. The van der Waals surface area contributed by atoms with Gasteiger partial charge in [0.05, 0.1) is 12.7 Å². The Labute approximate surface area is 545 Å². The number of ether oxygens (including phenoxy) is 1. The highest BCUT2D eigenvalue weighted by Gasteiger charge is 2.06. The highest BCUT2D eigenvalue weighted by atomic mass is 16.5. The molecule has 1 atom stereocenters. The van der Waals surface area contributed by atoms with Crippen molar-refractivity contribution in [1.82, 2.24) is 0 Å². The molecule has 1 unspecified atom stereocenters. The third kappa shape index (κ3) is 79.5. The van der Waals surface area contributed by atoms with Crippen LogP contribution >= 0.6 is 0 Å². The summed E-state index contributed by atoms with van der Waals surface area (Å²) in [6, 6.07) is 0. The fourth-order valence-electron chi connectivity index (χ4n) is 13.9. The Morgan fingerprint density at radius 3 is 0.535 bits per heavy atom. The third-order valence-electron chi connectivity index (χ3n) is 20.1. The Balaban J connectivity index is 3.13. The van der Waals surface area contributed by atoms with Crippen molar-refractivity contribution in [2.75, 3.05) is 6.61 Å². The molecule has 0 fully saturated rings. The average Bonchev–Trinajstić information content (AvgIpc) is 3.51. The summed E-state index contributed by atoms with van der Waals surface area (Å²) in [5.41, 5.74) is 0. The van der Waals surface area contributed by atoms with E-state index in [4.69, 9.17) is 4.74 Å². The molecule has 3 nitrogen and oxygen atoms in total. The minimum atomic E-state index is -0.0808. The first kappa shape index (κ1) is 85.4. The van der Waals surface area contributed by atoms with E-state index in [1.807, 2.05) is 0 Å². The Bertz CT molecular complexity index is 1170. The molecule has 0 saturated heterocycles. The van der Waals surface area contributed by atoms with Crippen molar-refractivity contribution < 1.29 is 14.6 Å². The van der Waals surface area contributed by atoms with E-state index >= 15 is 0 Å². The van der Waals surface area contributed by atoms with E-state index in [1.54, 1.807) is 0 Å². The quantitative estimate of drug-likeness (QED) is 0.0488. The smallest absolute Gasteiger partial charge is 0.305 e. The second-order valence-electron chi connectivity index (χ2n) is 29.0. The molecule has 3 heteroatoms. The van der Waals surface area contributed by atoms with Gasteiger partial charge in [-0.25, -0.2) is 0 Å². The minimum absolute atomic E-state index is 0.0107. The molecule has 0 spiro atoms. The average molecular weight is 1210 g/mol. The summed E-state index contributed by atoms with van der Waals surface area (Å²) in [6.07, 6.45) is 109.